The average Bonchev–Trinajstić information content (AvgIpc) is 2.96. The zero-order valence-corrected chi connectivity index (χ0v) is 25.5. The molecule has 6 nitrogen and oxygen atoms in total. The third-order valence-electron chi connectivity index (χ3n) is 6.23. The topological polar surface area (TPSA) is 87.3 Å². The number of anilines is 2. The monoisotopic (exact) mass is 617 g/mol. The van der Waals surface area contributed by atoms with Gasteiger partial charge in [-0.1, -0.05) is 71.2 Å². The van der Waals surface area contributed by atoms with Gasteiger partial charge in [-0.25, -0.2) is 0 Å². The fourth-order valence-electron chi connectivity index (χ4n) is 4.03. The molecule has 214 valence electrons. The molecule has 0 fully saturated rings. The van der Waals surface area contributed by atoms with Crippen LogP contribution in [0.1, 0.15) is 34.0 Å². The third kappa shape index (κ3) is 8.26. The molecule has 0 heterocycles. The van der Waals surface area contributed by atoms with Crippen molar-refractivity contribution in [2.45, 2.75) is 30.9 Å². The lowest BCUT2D eigenvalue weighted by atomic mass is 10.1. The summed E-state index contributed by atoms with van der Waals surface area (Å²) in [6, 6.07) is 26.5. The first-order valence-corrected chi connectivity index (χ1v) is 14.7. The quantitative estimate of drug-likeness (QED) is 0.131. The number of aryl methyl sites for hydroxylation is 2. The number of nitrogens with one attached hydrogen (secondary N) is 3. The maximum atomic E-state index is 13.5. The van der Waals surface area contributed by atoms with Gasteiger partial charge in [-0.3, -0.25) is 14.4 Å². The van der Waals surface area contributed by atoms with Gasteiger partial charge in [0.05, 0.1) is 5.25 Å². The van der Waals surface area contributed by atoms with Crippen LogP contribution in [0.25, 0.3) is 6.08 Å². The molecule has 0 bridgehead atoms. The van der Waals surface area contributed by atoms with Crippen LogP contribution in [0.2, 0.25) is 10.0 Å². The molecule has 4 aromatic rings. The standard InChI is InChI=1S/C33H29Cl2N3O3S/c1-20-15-16-29(21(2)17-20)37-31(39)22(3)42-25-12-7-11-24(18-25)36-33(41)30(19-26-27(34)13-8-14-28(26)35)38-32(40)23-9-5-4-6-10-23/h4-19,22H,1-3H3,(H,36,41)(H,37,39)(H,38,40)/b30-19+. The number of rotatable bonds is 9. The van der Waals surface area contributed by atoms with Crippen molar-refractivity contribution in [3.8, 4) is 0 Å². The van der Waals surface area contributed by atoms with Gasteiger partial charge in [0.15, 0.2) is 0 Å². The molecule has 42 heavy (non-hydrogen) atoms. The van der Waals surface area contributed by atoms with E-state index in [-0.39, 0.29) is 11.6 Å². The van der Waals surface area contributed by atoms with Crippen molar-refractivity contribution in [1.29, 1.82) is 0 Å². The Bertz CT molecular complexity index is 1640. The van der Waals surface area contributed by atoms with Crippen molar-refractivity contribution in [2.75, 3.05) is 10.6 Å². The first kappa shape index (κ1) is 30.9. The number of hydrogen-bond donors (Lipinski definition) is 3. The van der Waals surface area contributed by atoms with Crippen molar-refractivity contribution in [3.05, 3.63) is 129 Å². The number of carbonyl (C=O) groups is 3. The summed E-state index contributed by atoms with van der Waals surface area (Å²) in [4.78, 5) is 40.1. The van der Waals surface area contributed by atoms with Crippen LogP contribution in [0.4, 0.5) is 11.4 Å². The first-order chi connectivity index (χ1) is 20.1. The molecule has 4 aromatic carbocycles. The smallest absolute Gasteiger partial charge is 0.272 e. The fourth-order valence-corrected chi connectivity index (χ4v) is 5.46. The van der Waals surface area contributed by atoms with Crippen molar-refractivity contribution >= 4 is 70.1 Å². The molecule has 0 spiro atoms. The molecule has 0 aliphatic heterocycles. The van der Waals surface area contributed by atoms with E-state index >= 15 is 0 Å². The molecule has 4 rings (SSSR count). The highest BCUT2D eigenvalue weighted by Gasteiger charge is 2.19. The summed E-state index contributed by atoms with van der Waals surface area (Å²) in [7, 11) is 0. The van der Waals surface area contributed by atoms with E-state index in [1.807, 2.05) is 45.0 Å². The highest BCUT2D eigenvalue weighted by molar-refractivity contribution is 8.00. The lowest BCUT2D eigenvalue weighted by Crippen LogP contribution is -2.30. The predicted octanol–water partition coefficient (Wildman–Crippen LogP) is 8.14. The highest BCUT2D eigenvalue weighted by Crippen LogP contribution is 2.29. The summed E-state index contributed by atoms with van der Waals surface area (Å²) < 4.78 is 0. The van der Waals surface area contributed by atoms with Crippen molar-refractivity contribution in [3.63, 3.8) is 0 Å². The first-order valence-electron chi connectivity index (χ1n) is 13.1. The van der Waals surface area contributed by atoms with Gasteiger partial charge in [0.2, 0.25) is 5.91 Å². The van der Waals surface area contributed by atoms with Crippen molar-refractivity contribution in [1.82, 2.24) is 5.32 Å². The molecule has 0 saturated heterocycles. The average molecular weight is 619 g/mol. The Morgan fingerprint density at radius 3 is 2.19 bits per heavy atom. The molecule has 3 N–H and O–H groups in total. The molecule has 0 aliphatic carbocycles. The molecule has 9 heteroatoms. The number of halogens is 2. The fraction of sp³-hybridized carbons (Fsp3) is 0.121. The molecule has 3 amide bonds. The van der Waals surface area contributed by atoms with Crippen molar-refractivity contribution in [2.24, 2.45) is 0 Å². The Balaban J connectivity index is 1.51. The number of thioether (sulfide) groups is 1. The molecule has 0 saturated carbocycles. The van der Waals surface area contributed by atoms with Crippen LogP contribution in [0, 0.1) is 13.8 Å². The molecule has 0 radical (unpaired) electrons. The van der Waals surface area contributed by atoms with E-state index in [0.717, 1.165) is 21.7 Å². The summed E-state index contributed by atoms with van der Waals surface area (Å²) in [6.45, 7) is 5.78. The number of benzene rings is 4. The molecular formula is C33H29Cl2N3O3S. The second-order valence-electron chi connectivity index (χ2n) is 9.56. The summed E-state index contributed by atoms with van der Waals surface area (Å²) in [5.74, 6) is -1.17. The number of amides is 3. The third-order valence-corrected chi connectivity index (χ3v) is 7.98. The molecule has 1 atom stereocenters. The van der Waals surface area contributed by atoms with Gasteiger partial charge in [0, 0.05) is 37.4 Å². The molecular weight excluding hydrogens is 589 g/mol. The van der Waals surface area contributed by atoms with E-state index in [1.54, 1.807) is 66.7 Å². The van der Waals surface area contributed by atoms with E-state index in [1.165, 1.54) is 17.8 Å². The minimum absolute atomic E-state index is 0.0434. The van der Waals surface area contributed by atoms with E-state index in [9.17, 15) is 14.4 Å². The van der Waals surface area contributed by atoms with Crippen LogP contribution in [-0.4, -0.2) is 23.0 Å². The number of hydrogen-bond acceptors (Lipinski definition) is 4. The van der Waals surface area contributed by atoms with Gasteiger partial charge in [0.1, 0.15) is 5.70 Å². The lowest BCUT2D eigenvalue weighted by Gasteiger charge is -2.15. The zero-order valence-electron chi connectivity index (χ0n) is 23.2. The van der Waals surface area contributed by atoms with E-state index in [2.05, 4.69) is 16.0 Å². The Morgan fingerprint density at radius 1 is 0.810 bits per heavy atom. The normalized spacial score (nSPS) is 11.9. The molecule has 0 aliphatic rings. The summed E-state index contributed by atoms with van der Waals surface area (Å²) >= 11 is 14.1. The summed E-state index contributed by atoms with van der Waals surface area (Å²) in [5, 5.41) is 8.75. The Labute approximate surface area is 259 Å². The van der Waals surface area contributed by atoms with Gasteiger partial charge in [0.25, 0.3) is 11.8 Å². The Kier molecular flexibility index (Phi) is 10.5. The van der Waals surface area contributed by atoms with Crippen LogP contribution in [0.3, 0.4) is 0 Å². The van der Waals surface area contributed by atoms with E-state index < -0.39 is 17.1 Å². The lowest BCUT2D eigenvalue weighted by molar-refractivity contribution is -0.115. The number of carbonyl (C=O) groups excluding carboxylic acids is 3. The van der Waals surface area contributed by atoms with Gasteiger partial charge in [-0.05, 0) is 80.9 Å². The second-order valence-corrected chi connectivity index (χ2v) is 11.8. The predicted molar refractivity (Wildman–Crippen MR) is 173 cm³/mol. The minimum Gasteiger partial charge on any atom is -0.325 e. The van der Waals surface area contributed by atoms with Crippen LogP contribution >= 0.6 is 35.0 Å². The second kappa shape index (κ2) is 14.2. The van der Waals surface area contributed by atoms with E-state index in [0.29, 0.717) is 26.9 Å². The SMILES string of the molecule is Cc1ccc(NC(=O)C(C)Sc2cccc(NC(=O)/C(=C\c3c(Cl)cccc3Cl)NC(=O)c3ccccc3)c2)c(C)c1. The van der Waals surface area contributed by atoms with Gasteiger partial charge >= 0.3 is 0 Å². The van der Waals surface area contributed by atoms with Crippen molar-refractivity contribution < 1.29 is 14.4 Å². The maximum Gasteiger partial charge on any atom is 0.272 e. The van der Waals surface area contributed by atoms with Crippen LogP contribution < -0.4 is 16.0 Å². The van der Waals surface area contributed by atoms with Gasteiger partial charge in [-0.2, -0.15) is 0 Å². The van der Waals surface area contributed by atoms with Crippen LogP contribution in [-0.2, 0) is 9.59 Å². The zero-order chi connectivity index (χ0) is 30.2. The maximum absolute atomic E-state index is 13.5. The molecule has 1 unspecified atom stereocenters. The van der Waals surface area contributed by atoms with Crippen LogP contribution in [0.15, 0.2) is 102 Å². The Hall–Kier alpha value is -4.04. The largest absolute Gasteiger partial charge is 0.325 e. The minimum atomic E-state index is -0.571. The van der Waals surface area contributed by atoms with Crippen LogP contribution in [0.5, 0.6) is 0 Å². The van der Waals surface area contributed by atoms with Gasteiger partial charge in [-0.15, -0.1) is 11.8 Å². The summed E-state index contributed by atoms with van der Waals surface area (Å²) in [6.07, 6.45) is 1.44. The van der Waals surface area contributed by atoms with E-state index in [4.69, 9.17) is 23.2 Å². The molecule has 0 aromatic heterocycles. The Morgan fingerprint density at radius 2 is 1.50 bits per heavy atom. The summed E-state index contributed by atoms with van der Waals surface area (Å²) in [5.41, 5.74) is 4.11. The highest BCUT2D eigenvalue weighted by atomic mass is 35.5. The van der Waals surface area contributed by atoms with Gasteiger partial charge < -0.3 is 16.0 Å².